The van der Waals surface area contributed by atoms with Crippen molar-refractivity contribution in [2.24, 2.45) is 5.73 Å². The van der Waals surface area contributed by atoms with Gasteiger partial charge in [0.1, 0.15) is 0 Å². The monoisotopic (exact) mass is 208 g/mol. The molecule has 0 saturated carbocycles. The predicted octanol–water partition coefficient (Wildman–Crippen LogP) is -0.492. The fraction of sp³-hybridized carbons (Fsp3) is 0.200. The van der Waals surface area contributed by atoms with Gasteiger partial charge in [0, 0.05) is 6.54 Å². The Morgan fingerprint density at radius 1 is 1.13 bits per heavy atom. The lowest BCUT2D eigenvalue weighted by Crippen LogP contribution is -2.19. The molecule has 0 spiro atoms. The zero-order valence-electron chi connectivity index (χ0n) is 8.06. The predicted molar refractivity (Wildman–Crippen MR) is 54.4 cm³/mol. The van der Waals surface area contributed by atoms with Crippen LogP contribution < -0.4 is 11.1 Å². The Kier molecular flexibility index (Phi) is 3.96. The third kappa shape index (κ3) is 2.61. The van der Waals surface area contributed by atoms with Crippen LogP contribution in [0.25, 0.3) is 0 Å². The van der Waals surface area contributed by atoms with Crippen molar-refractivity contribution in [1.82, 2.24) is 5.32 Å². The van der Waals surface area contributed by atoms with Crippen LogP contribution in [-0.4, -0.2) is 30.1 Å². The van der Waals surface area contributed by atoms with Crippen molar-refractivity contribution in [1.29, 1.82) is 0 Å². The summed E-state index contributed by atoms with van der Waals surface area (Å²) in [7, 11) is 0. The Bertz CT molecular complexity index is 342. The van der Waals surface area contributed by atoms with E-state index >= 15 is 0 Å². The van der Waals surface area contributed by atoms with Crippen LogP contribution >= 0.6 is 0 Å². The SMILES string of the molecule is NCCO.O=C1NC(=O)c2ccccc21. The van der Waals surface area contributed by atoms with E-state index in [2.05, 4.69) is 5.32 Å². The van der Waals surface area contributed by atoms with E-state index in [0.717, 1.165) is 0 Å². The summed E-state index contributed by atoms with van der Waals surface area (Å²) in [6, 6.07) is 6.74. The highest BCUT2D eigenvalue weighted by molar-refractivity contribution is 6.21. The number of carbonyl (C=O) groups excluding carboxylic acids is 2. The van der Waals surface area contributed by atoms with Gasteiger partial charge in [0.2, 0.25) is 0 Å². The molecule has 0 unspecified atom stereocenters. The van der Waals surface area contributed by atoms with Gasteiger partial charge in [-0.3, -0.25) is 14.9 Å². The highest BCUT2D eigenvalue weighted by atomic mass is 16.3. The topological polar surface area (TPSA) is 92.4 Å². The quantitative estimate of drug-likeness (QED) is 0.543. The molecule has 0 atom stereocenters. The lowest BCUT2D eigenvalue weighted by molar-refractivity contribution is 0.0879. The Morgan fingerprint density at radius 3 is 1.87 bits per heavy atom. The maximum atomic E-state index is 10.9. The molecule has 5 heteroatoms. The molecule has 80 valence electrons. The van der Waals surface area contributed by atoms with Crippen molar-refractivity contribution < 1.29 is 14.7 Å². The minimum atomic E-state index is -0.300. The molecule has 0 fully saturated rings. The first kappa shape index (κ1) is 11.4. The second-order valence-corrected chi connectivity index (χ2v) is 2.84. The molecule has 15 heavy (non-hydrogen) atoms. The van der Waals surface area contributed by atoms with Crippen LogP contribution in [0.15, 0.2) is 24.3 Å². The van der Waals surface area contributed by atoms with E-state index in [1.165, 1.54) is 0 Å². The molecule has 1 heterocycles. The van der Waals surface area contributed by atoms with Crippen LogP contribution in [0.4, 0.5) is 0 Å². The zero-order valence-corrected chi connectivity index (χ0v) is 8.06. The van der Waals surface area contributed by atoms with Gasteiger partial charge < -0.3 is 10.8 Å². The normalized spacial score (nSPS) is 12.7. The molecule has 0 aliphatic carbocycles. The van der Waals surface area contributed by atoms with E-state index in [1.807, 2.05) is 0 Å². The first-order valence-electron chi connectivity index (χ1n) is 4.46. The molecule has 0 radical (unpaired) electrons. The lowest BCUT2D eigenvalue weighted by atomic mass is 10.1. The summed E-state index contributed by atoms with van der Waals surface area (Å²) < 4.78 is 0. The highest BCUT2D eigenvalue weighted by Gasteiger charge is 2.25. The number of nitrogens with one attached hydrogen (secondary N) is 1. The first-order valence-corrected chi connectivity index (χ1v) is 4.46. The Hall–Kier alpha value is -1.72. The third-order valence-corrected chi connectivity index (χ3v) is 1.77. The van der Waals surface area contributed by atoms with E-state index in [4.69, 9.17) is 10.8 Å². The molecule has 0 saturated heterocycles. The van der Waals surface area contributed by atoms with Gasteiger partial charge in [0.05, 0.1) is 17.7 Å². The van der Waals surface area contributed by atoms with Gasteiger partial charge >= 0.3 is 0 Å². The summed E-state index contributed by atoms with van der Waals surface area (Å²) in [6.45, 7) is 0.472. The summed E-state index contributed by atoms with van der Waals surface area (Å²) in [5, 5.41) is 9.95. The molecule has 4 N–H and O–H groups in total. The average molecular weight is 208 g/mol. The number of rotatable bonds is 1. The number of nitrogens with two attached hydrogens (primary N) is 1. The molecular weight excluding hydrogens is 196 g/mol. The van der Waals surface area contributed by atoms with Gasteiger partial charge in [0.15, 0.2) is 0 Å². The molecule has 1 aliphatic heterocycles. The third-order valence-electron chi connectivity index (χ3n) is 1.77. The van der Waals surface area contributed by atoms with Crippen LogP contribution in [-0.2, 0) is 0 Å². The van der Waals surface area contributed by atoms with Crippen LogP contribution in [0, 0.1) is 0 Å². The van der Waals surface area contributed by atoms with Gasteiger partial charge in [-0.2, -0.15) is 0 Å². The van der Waals surface area contributed by atoms with Gasteiger partial charge in [0.25, 0.3) is 11.8 Å². The fourth-order valence-electron chi connectivity index (χ4n) is 1.12. The molecule has 2 rings (SSSR count). The van der Waals surface area contributed by atoms with Crippen molar-refractivity contribution in [3.05, 3.63) is 35.4 Å². The molecule has 2 amide bonds. The van der Waals surface area contributed by atoms with E-state index < -0.39 is 0 Å². The summed E-state index contributed by atoms with van der Waals surface area (Å²) in [5.41, 5.74) is 5.72. The first-order chi connectivity index (χ1) is 7.20. The minimum absolute atomic E-state index is 0.0972. The maximum Gasteiger partial charge on any atom is 0.258 e. The molecular formula is C10H12N2O3. The van der Waals surface area contributed by atoms with Crippen LogP contribution in [0.1, 0.15) is 20.7 Å². The average Bonchev–Trinajstić information content (AvgIpc) is 2.56. The van der Waals surface area contributed by atoms with Crippen molar-refractivity contribution >= 4 is 11.8 Å². The summed E-state index contributed by atoms with van der Waals surface area (Å²) in [6.07, 6.45) is 0. The Labute approximate surface area is 86.9 Å². The van der Waals surface area contributed by atoms with Crippen LogP contribution in [0.5, 0.6) is 0 Å². The summed E-state index contributed by atoms with van der Waals surface area (Å²) in [5.74, 6) is -0.601. The second-order valence-electron chi connectivity index (χ2n) is 2.84. The fourth-order valence-corrected chi connectivity index (χ4v) is 1.12. The van der Waals surface area contributed by atoms with Crippen LogP contribution in [0.2, 0.25) is 0 Å². The zero-order chi connectivity index (χ0) is 11.3. The number of amides is 2. The molecule has 1 aromatic rings. The Morgan fingerprint density at radius 2 is 1.53 bits per heavy atom. The maximum absolute atomic E-state index is 10.9. The van der Waals surface area contributed by atoms with Gasteiger partial charge in [-0.25, -0.2) is 0 Å². The van der Waals surface area contributed by atoms with E-state index in [-0.39, 0.29) is 18.4 Å². The lowest BCUT2D eigenvalue weighted by Gasteiger charge is -1.88. The highest BCUT2D eigenvalue weighted by Crippen LogP contribution is 2.13. The number of imide groups is 1. The molecule has 1 aromatic carbocycles. The minimum Gasteiger partial charge on any atom is -0.395 e. The smallest absolute Gasteiger partial charge is 0.258 e. The number of carbonyl (C=O) groups is 2. The molecule has 1 aliphatic rings. The van der Waals surface area contributed by atoms with Crippen LogP contribution in [0.3, 0.4) is 0 Å². The van der Waals surface area contributed by atoms with E-state index in [9.17, 15) is 9.59 Å². The summed E-state index contributed by atoms with van der Waals surface area (Å²) in [4.78, 5) is 21.9. The van der Waals surface area contributed by atoms with Crippen molar-refractivity contribution in [3.8, 4) is 0 Å². The van der Waals surface area contributed by atoms with Crippen molar-refractivity contribution in [2.45, 2.75) is 0 Å². The number of benzene rings is 1. The van der Waals surface area contributed by atoms with E-state index in [1.54, 1.807) is 24.3 Å². The number of aliphatic hydroxyl groups excluding tert-OH is 1. The van der Waals surface area contributed by atoms with Crippen molar-refractivity contribution in [3.63, 3.8) is 0 Å². The Balaban J connectivity index is 0.000000245. The standard InChI is InChI=1S/C8H5NO2.C2H7NO/c10-7-5-3-1-2-4-6(5)8(11)9-7;3-1-2-4/h1-4H,(H,9,10,11);4H,1-3H2. The number of fused-ring (bicyclic) bond motifs is 1. The molecule has 0 aromatic heterocycles. The van der Waals surface area contributed by atoms with Crippen molar-refractivity contribution in [2.75, 3.05) is 13.2 Å². The largest absolute Gasteiger partial charge is 0.395 e. The number of hydrogen-bond acceptors (Lipinski definition) is 4. The van der Waals surface area contributed by atoms with E-state index in [0.29, 0.717) is 17.7 Å². The van der Waals surface area contributed by atoms with Gasteiger partial charge in [-0.15, -0.1) is 0 Å². The van der Waals surface area contributed by atoms with Gasteiger partial charge in [-0.1, -0.05) is 12.1 Å². The number of hydrogen-bond donors (Lipinski definition) is 3. The second kappa shape index (κ2) is 5.23. The number of aliphatic hydroxyl groups is 1. The summed E-state index contributed by atoms with van der Waals surface area (Å²) >= 11 is 0. The molecule has 0 bridgehead atoms. The molecule has 5 nitrogen and oxygen atoms in total. The van der Waals surface area contributed by atoms with Gasteiger partial charge in [-0.05, 0) is 12.1 Å².